The van der Waals surface area contributed by atoms with E-state index in [0.717, 1.165) is 0 Å². The Kier molecular flexibility index (Phi) is 7.90. The van der Waals surface area contributed by atoms with Crippen molar-refractivity contribution in [3.05, 3.63) is 0 Å². The van der Waals surface area contributed by atoms with Crippen LogP contribution in [0.1, 0.15) is 33.1 Å². The van der Waals surface area contributed by atoms with Crippen molar-refractivity contribution in [2.24, 2.45) is 0 Å². The van der Waals surface area contributed by atoms with Gasteiger partial charge >= 0.3 is 12.0 Å². The Labute approximate surface area is 110 Å². The van der Waals surface area contributed by atoms with Gasteiger partial charge in [0.2, 0.25) is 11.8 Å². The number of rotatable bonds is 7. The maximum Gasteiger partial charge on any atom is 0.322 e. The van der Waals surface area contributed by atoms with Crippen LogP contribution in [0, 0.1) is 0 Å². The van der Waals surface area contributed by atoms with Gasteiger partial charge in [-0.2, -0.15) is 0 Å². The fourth-order valence-corrected chi connectivity index (χ4v) is 1.21. The number of carbonyl (C=O) groups excluding carboxylic acids is 3. The van der Waals surface area contributed by atoms with Crippen molar-refractivity contribution < 1.29 is 24.3 Å². The van der Waals surface area contributed by atoms with Crippen LogP contribution in [-0.2, 0) is 14.4 Å². The molecule has 108 valence electrons. The summed E-state index contributed by atoms with van der Waals surface area (Å²) in [4.78, 5) is 44.1. The average Bonchev–Trinajstić information content (AvgIpc) is 2.28. The topological polar surface area (TPSA) is 125 Å². The first-order valence-electron chi connectivity index (χ1n) is 5.96. The van der Waals surface area contributed by atoms with E-state index in [0.29, 0.717) is 6.54 Å². The summed E-state index contributed by atoms with van der Waals surface area (Å²) in [5.41, 5.74) is 0. The predicted octanol–water partition coefficient (Wildman–Crippen LogP) is -0.408. The summed E-state index contributed by atoms with van der Waals surface area (Å²) in [6.45, 7) is 3.68. The van der Waals surface area contributed by atoms with E-state index in [1.54, 1.807) is 6.92 Å². The van der Waals surface area contributed by atoms with Crippen molar-refractivity contribution in [1.82, 2.24) is 16.0 Å². The molecule has 1 unspecified atom stereocenters. The van der Waals surface area contributed by atoms with Crippen LogP contribution in [0.4, 0.5) is 4.79 Å². The fourth-order valence-electron chi connectivity index (χ4n) is 1.21. The highest BCUT2D eigenvalue weighted by atomic mass is 16.4. The molecule has 4 N–H and O–H groups in total. The van der Waals surface area contributed by atoms with Crippen LogP contribution >= 0.6 is 0 Å². The van der Waals surface area contributed by atoms with Gasteiger partial charge in [-0.05, 0) is 20.3 Å². The monoisotopic (exact) mass is 273 g/mol. The van der Waals surface area contributed by atoms with Crippen molar-refractivity contribution >= 4 is 23.8 Å². The number of imide groups is 1. The highest BCUT2D eigenvalue weighted by Gasteiger charge is 2.16. The molecule has 4 amide bonds. The maximum absolute atomic E-state index is 11.3. The summed E-state index contributed by atoms with van der Waals surface area (Å²) in [6.07, 6.45) is -0.0417. The standard InChI is InChI=1S/C11H19N3O5/c1-3-12-10(18)7(2)13-11(19)14-8(15)5-4-6-9(16)17/h7H,3-6H2,1-2H3,(H,12,18)(H,16,17)(H2,13,14,15,19). The second-order valence-electron chi connectivity index (χ2n) is 3.89. The number of carbonyl (C=O) groups is 4. The lowest BCUT2D eigenvalue weighted by Gasteiger charge is -2.13. The van der Waals surface area contributed by atoms with Crippen molar-refractivity contribution in [1.29, 1.82) is 0 Å². The van der Waals surface area contributed by atoms with Crippen molar-refractivity contribution in [2.75, 3.05) is 6.54 Å². The molecule has 8 heteroatoms. The van der Waals surface area contributed by atoms with Crippen LogP contribution in [0.2, 0.25) is 0 Å². The van der Waals surface area contributed by atoms with Crippen molar-refractivity contribution in [2.45, 2.75) is 39.2 Å². The lowest BCUT2D eigenvalue weighted by molar-refractivity contribution is -0.137. The van der Waals surface area contributed by atoms with Gasteiger partial charge in [-0.3, -0.25) is 19.7 Å². The number of nitrogens with one attached hydrogen (secondary N) is 3. The molecular weight excluding hydrogens is 254 g/mol. The smallest absolute Gasteiger partial charge is 0.322 e. The Morgan fingerprint density at radius 3 is 2.32 bits per heavy atom. The van der Waals surface area contributed by atoms with Gasteiger partial charge in [-0.15, -0.1) is 0 Å². The zero-order valence-electron chi connectivity index (χ0n) is 11.0. The van der Waals surface area contributed by atoms with Crippen LogP contribution in [0.25, 0.3) is 0 Å². The number of carboxylic acids is 1. The van der Waals surface area contributed by atoms with Crippen LogP contribution in [0.15, 0.2) is 0 Å². The van der Waals surface area contributed by atoms with Gasteiger partial charge in [0.25, 0.3) is 0 Å². The zero-order chi connectivity index (χ0) is 14.8. The molecule has 0 fully saturated rings. The van der Waals surface area contributed by atoms with E-state index >= 15 is 0 Å². The number of hydrogen-bond acceptors (Lipinski definition) is 4. The molecular formula is C11H19N3O5. The third-order valence-electron chi connectivity index (χ3n) is 2.14. The molecule has 0 bridgehead atoms. The quantitative estimate of drug-likeness (QED) is 0.502. The van der Waals surface area contributed by atoms with Gasteiger partial charge in [0.1, 0.15) is 6.04 Å². The molecule has 0 aromatic heterocycles. The largest absolute Gasteiger partial charge is 0.481 e. The van der Waals surface area contributed by atoms with Crippen LogP contribution in [0.5, 0.6) is 0 Å². The highest BCUT2D eigenvalue weighted by molar-refractivity contribution is 5.96. The minimum absolute atomic E-state index is 0.0603. The van der Waals surface area contributed by atoms with Gasteiger partial charge < -0.3 is 15.7 Å². The molecule has 19 heavy (non-hydrogen) atoms. The highest BCUT2D eigenvalue weighted by Crippen LogP contribution is 1.94. The Bertz CT molecular complexity index is 356. The summed E-state index contributed by atoms with van der Waals surface area (Å²) >= 11 is 0. The molecule has 0 saturated carbocycles. The van der Waals surface area contributed by atoms with Gasteiger partial charge in [0.15, 0.2) is 0 Å². The van der Waals surface area contributed by atoms with E-state index in [4.69, 9.17) is 5.11 Å². The summed E-state index contributed by atoms with van der Waals surface area (Å²) in [6, 6.07) is -1.54. The first-order valence-corrected chi connectivity index (χ1v) is 5.96. The fraction of sp³-hybridized carbons (Fsp3) is 0.636. The summed E-state index contributed by atoms with van der Waals surface area (Å²) in [7, 11) is 0. The number of carboxylic acid groups (broad SMARTS) is 1. The van der Waals surface area contributed by atoms with Gasteiger partial charge in [-0.25, -0.2) is 4.79 Å². The maximum atomic E-state index is 11.3. The van der Waals surface area contributed by atoms with Gasteiger partial charge in [0.05, 0.1) is 0 Å². The summed E-state index contributed by atoms with van der Waals surface area (Å²) in [5.74, 6) is -1.93. The first-order chi connectivity index (χ1) is 8.86. The minimum Gasteiger partial charge on any atom is -0.481 e. The predicted molar refractivity (Wildman–Crippen MR) is 66.3 cm³/mol. The third-order valence-corrected chi connectivity index (χ3v) is 2.14. The van der Waals surface area contributed by atoms with Gasteiger partial charge in [-0.1, -0.05) is 0 Å². The van der Waals surface area contributed by atoms with E-state index in [-0.39, 0.29) is 25.2 Å². The summed E-state index contributed by atoms with van der Waals surface area (Å²) < 4.78 is 0. The number of likely N-dealkylation sites (N-methyl/N-ethyl adjacent to an activating group) is 1. The molecule has 8 nitrogen and oxygen atoms in total. The second-order valence-corrected chi connectivity index (χ2v) is 3.89. The normalized spacial score (nSPS) is 11.3. The molecule has 0 spiro atoms. The SMILES string of the molecule is CCNC(=O)C(C)NC(=O)NC(=O)CCCC(=O)O. The summed E-state index contributed by atoms with van der Waals surface area (Å²) in [5, 5.41) is 15.2. The van der Waals surface area contributed by atoms with Crippen LogP contribution in [0.3, 0.4) is 0 Å². The lowest BCUT2D eigenvalue weighted by atomic mass is 10.2. The van der Waals surface area contributed by atoms with Crippen molar-refractivity contribution in [3.8, 4) is 0 Å². The average molecular weight is 273 g/mol. The van der Waals surface area contributed by atoms with Crippen LogP contribution < -0.4 is 16.0 Å². The van der Waals surface area contributed by atoms with E-state index < -0.39 is 23.9 Å². The van der Waals surface area contributed by atoms with E-state index in [9.17, 15) is 19.2 Å². The number of hydrogen-bond donors (Lipinski definition) is 4. The van der Waals surface area contributed by atoms with E-state index in [1.807, 2.05) is 5.32 Å². The number of amides is 4. The Morgan fingerprint density at radius 1 is 1.16 bits per heavy atom. The molecule has 0 heterocycles. The molecule has 0 aliphatic rings. The molecule has 0 aromatic rings. The number of aliphatic carboxylic acids is 1. The number of urea groups is 1. The zero-order valence-corrected chi connectivity index (χ0v) is 11.0. The molecule has 0 aromatic carbocycles. The minimum atomic E-state index is -0.998. The van der Waals surface area contributed by atoms with Crippen LogP contribution in [-0.4, -0.2) is 41.5 Å². The first kappa shape index (κ1) is 16.9. The molecule has 0 radical (unpaired) electrons. The second kappa shape index (κ2) is 8.90. The Morgan fingerprint density at radius 2 is 1.79 bits per heavy atom. The molecule has 1 atom stereocenters. The van der Waals surface area contributed by atoms with Gasteiger partial charge in [0, 0.05) is 19.4 Å². The van der Waals surface area contributed by atoms with E-state index in [1.165, 1.54) is 6.92 Å². The Hall–Kier alpha value is -2.12. The molecule has 0 aliphatic heterocycles. The van der Waals surface area contributed by atoms with Crippen molar-refractivity contribution in [3.63, 3.8) is 0 Å². The third kappa shape index (κ3) is 8.58. The molecule has 0 saturated heterocycles. The Balaban J connectivity index is 3.93. The lowest BCUT2D eigenvalue weighted by Crippen LogP contribution is -2.49. The van der Waals surface area contributed by atoms with E-state index in [2.05, 4.69) is 10.6 Å². The molecule has 0 rings (SSSR count). The molecule has 0 aliphatic carbocycles.